The number of nitrogens with zero attached hydrogens (tertiary/aromatic N) is 5. The van der Waals surface area contributed by atoms with E-state index in [9.17, 15) is 24.0 Å². The summed E-state index contributed by atoms with van der Waals surface area (Å²) >= 11 is 0. The van der Waals surface area contributed by atoms with Gasteiger partial charge in [-0.25, -0.2) is 0 Å². The summed E-state index contributed by atoms with van der Waals surface area (Å²) in [4.78, 5) is 73.0. The Bertz CT molecular complexity index is 1180. The molecule has 1 aliphatic rings. The maximum absolute atomic E-state index is 12.9. The van der Waals surface area contributed by atoms with Crippen LogP contribution in [0.2, 0.25) is 0 Å². The summed E-state index contributed by atoms with van der Waals surface area (Å²) in [7, 11) is 0. The number of esters is 3. The second kappa shape index (κ2) is 21.2. The molecule has 282 valence electrons. The number of ketones is 2. The first-order valence-electron chi connectivity index (χ1n) is 17.6. The summed E-state index contributed by atoms with van der Waals surface area (Å²) in [5.74, 6) is -1.07. The zero-order valence-corrected chi connectivity index (χ0v) is 31.7. The van der Waals surface area contributed by atoms with Gasteiger partial charge in [0.25, 0.3) is 0 Å². The molecule has 2 rings (SSSR count). The smallest absolute Gasteiger partial charge is 0.320 e. The molecule has 0 N–H and O–H groups in total. The van der Waals surface area contributed by atoms with Crippen molar-refractivity contribution in [1.82, 2.24) is 24.5 Å². The van der Waals surface area contributed by atoms with Crippen LogP contribution in [0.5, 0.6) is 0 Å². The van der Waals surface area contributed by atoms with Crippen LogP contribution >= 0.6 is 0 Å². The van der Waals surface area contributed by atoms with Gasteiger partial charge in [-0.1, -0.05) is 30.3 Å². The largest absolute Gasteiger partial charge is 0.460 e. The van der Waals surface area contributed by atoms with Crippen molar-refractivity contribution in [2.75, 3.05) is 98.2 Å². The first-order chi connectivity index (χ1) is 23.4. The van der Waals surface area contributed by atoms with E-state index in [1.54, 1.807) is 11.8 Å². The van der Waals surface area contributed by atoms with Crippen LogP contribution in [0.1, 0.15) is 61.0 Å². The third kappa shape index (κ3) is 20.4. The first-order valence-corrected chi connectivity index (χ1v) is 17.6. The van der Waals surface area contributed by atoms with Crippen molar-refractivity contribution in [2.24, 2.45) is 0 Å². The molecule has 13 nitrogen and oxygen atoms in total. The minimum Gasteiger partial charge on any atom is -0.460 e. The van der Waals surface area contributed by atoms with Crippen LogP contribution in [0.15, 0.2) is 30.3 Å². The van der Waals surface area contributed by atoms with E-state index in [0.717, 1.165) is 5.56 Å². The highest BCUT2D eigenvalue weighted by molar-refractivity contribution is 5.79. The number of hydrogen-bond donors (Lipinski definition) is 0. The van der Waals surface area contributed by atoms with E-state index >= 15 is 0 Å². The molecule has 0 aliphatic carbocycles. The van der Waals surface area contributed by atoms with Crippen LogP contribution in [0.3, 0.4) is 0 Å². The SMILES string of the molecule is CC(=O)CN1CCN(CC(=O)OC(C)(C)C)CCN(CCN(CC(C)=O)CC(=O)OCc2ccccc2)CCN(CC(=O)OC(C)(C)C)CC1. The second-order valence-electron chi connectivity index (χ2n) is 15.1. The molecule has 1 fully saturated rings. The van der Waals surface area contributed by atoms with Crippen LogP contribution < -0.4 is 0 Å². The quantitative estimate of drug-likeness (QED) is 0.196. The normalized spacial score (nSPS) is 16.7. The molecule has 0 radical (unpaired) electrons. The predicted octanol–water partition coefficient (Wildman–Crippen LogP) is 2.11. The number of benzene rings is 1. The van der Waals surface area contributed by atoms with Crippen LogP contribution in [-0.4, -0.2) is 163 Å². The standard InChI is InChI=1S/C37H61N5O8/c1-30(43)24-39-19-21-40(27-34(46)49-36(3,4)5)17-14-38(15-18-41(22-20-39)28-35(47)50-37(6,7)8)16-23-42(25-31(2)44)26-33(45)48-29-32-12-10-9-11-13-32/h9-13H,14-29H2,1-8H3. The predicted molar refractivity (Wildman–Crippen MR) is 191 cm³/mol. The maximum atomic E-state index is 12.9. The van der Waals surface area contributed by atoms with E-state index in [1.807, 2.05) is 81.7 Å². The lowest BCUT2D eigenvalue weighted by Crippen LogP contribution is -2.50. The highest BCUT2D eigenvalue weighted by Crippen LogP contribution is 2.10. The minimum atomic E-state index is -0.615. The third-order valence-corrected chi connectivity index (χ3v) is 7.70. The summed E-state index contributed by atoms with van der Waals surface area (Å²) in [6.07, 6.45) is 0. The van der Waals surface area contributed by atoms with E-state index in [-0.39, 0.29) is 62.8 Å². The molecular weight excluding hydrogens is 642 g/mol. The number of carbonyl (C=O) groups excluding carboxylic acids is 5. The van der Waals surface area contributed by atoms with Crippen molar-refractivity contribution in [3.63, 3.8) is 0 Å². The van der Waals surface area contributed by atoms with E-state index in [4.69, 9.17) is 14.2 Å². The molecule has 1 aromatic rings. The van der Waals surface area contributed by atoms with E-state index in [0.29, 0.717) is 65.4 Å². The number of Topliss-reactive ketones (excluding diaryl/α,β-unsaturated/α-hetero) is 2. The monoisotopic (exact) mass is 703 g/mol. The van der Waals surface area contributed by atoms with Gasteiger partial charge in [-0.15, -0.1) is 0 Å². The third-order valence-electron chi connectivity index (χ3n) is 7.70. The molecule has 1 heterocycles. The molecule has 0 saturated carbocycles. The van der Waals surface area contributed by atoms with Gasteiger partial charge in [0, 0.05) is 65.4 Å². The number of rotatable bonds is 15. The van der Waals surface area contributed by atoms with Gasteiger partial charge in [0.05, 0.1) is 32.7 Å². The zero-order chi connectivity index (χ0) is 37.3. The van der Waals surface area contributed by atoms with Gasteiger partial charge in [0.2, 0.25) is 0 Å². The van der Waals surface area contributed by atoms with Gasteiger partial charge in [-0.2, -0.15) is 0 Å². The van der Waals surface area contributed by atoms with Gasteiger partial charge in [0.15, 0.2) is 0 Å². The summed E-state index contributed by atoms with van der Waals surface area (Å²) in [6.45, 7) is 20.2. The van der Waals surface area contributed by atoms with Crippen LogP contribution in [0, 0.1) is 0 Å². The minimum absolute atomic E-state index is 0.0260. The molecule has 0 atom stereocenters. The Morgan fingerprint density at radius 2 is 1.04 bits per heavy atom. The molecule has 13 heteroatoms. The van der Waals surface area contributed by atoms with Gasteiger partial charge in [-0.3, -0.25) is 48.5 Å². The summed E-state index contributed by atoms with van der Waals surface area (Å²) in [6, 6.07) is 9.43. The Hall–Kier alpha value is -3.23. The number of hydrogen-bond acceptors (Lipinski definition) is 13. The zero-order valence-electron chi connectivity index (χ0n) is 31.7. The van der Waals surface area contributed by atoms with Crippen LogP contribution in [0.4, 0.5) is 0 Å². The molecule has 0 amide bonds. The molecule has 1 aliphatic heterocycles. The molecule has 0 bridgehead atoms. The Balaban J connectivity index is 2.22. The fraction of sp³-hybridized carbons (Fsp3) is 0.703. The Morgan fingerprint density at radius 1 is 0.600 bits per heavy atom. The van der Waals surface area contributed by atoms with Crippen LogP contribution in [0.25, 0.3) is 0 Å². The lowest BCUT2D eigenvalue weighted by Gasteiger charge is -2.34. The van der Waals surface area contributed by atoms with E-state index in [1.165, 1.54) is 6.92 Å². The van der Waals surface area contributed by atoms with Crippen molar-refractivity contribution in [3.8, 4) is 0 Å². The highest BCUT2D eigenvalue weighted by atomic mass is 16.6. The fourth-order valence-corrected chi connectivity index (χ4v) is 5.48. The Kier molecular flexibility index (Phi) is 18.2. The lowest BCUT2D eigenvalue weighted by atomic mass is 10.2. The van der Waals surface area contributed by atoms with Gasteiger partial charge in [0.1, 0.15) is 29.4 Å². The lowest BCUT2D eigenvalue weighted by molar-refractivity contribution is -0.157. The second-order valence-corrected chi connectivity index (χ2v) is 15.1. The highest BCUT2D eigenvalue weighted by Gasteiger charge is 2.24. The van der Waals surface area contributed by atoms with E-state index in [2.05, 4.69) is 9.80 Å². The summed E-state index contributed by atoms with van der Waals surface area (Å²) in [5, 5.41) is 0. The van der Waals surface area contributed by atoms with Gasteiger partial charge < -0.3 is 14.2 Å². The summed E-state index contributed by atoms with van der Waals surface area (Å²) in [5.41, 5.74) is -0.346. The topological polar surface area (TPSA) is 129 Å². The maximum Gasteiger partial charge on any atom is 0.320 e. The van der Waals surface area contributed by atoms with Crippen molar-refractivity contribution in [1.29, 1.82) is 0 Å². The molecule has 0 aromatic heterocycles. The molecule has 0 spiro atoms. The summed E-state index contributed by atoms with van der Waals surface area (Å²) < 4.78 is 16.7. The van der Waals surface area contributed by atoms with Crippen LogP contribution in [-0.2, 0) is 44.8 Å². The molecule has 1 aromatic carbocycles. The van der Waals surface area contributed by atoms with Gasteiger partial charge in [-0.05, 0) is 61.0 Å². The average Bonchev–Trinajstić information content (AvgIpc) is 2.97. The number of carbonyl (C=O) groups is 5. The molecular formula is C37H61N5O8. The molecule has 1 saturated heterocycles. The van der Waals surface area contributed by atoms with Gasteiger partial charge >= 0.3 is 17.9 Å². The average molecular weight is 704 g/mol. The van der Waals surface area contributed by atoms with Crippen molar-refractivity contribution < 1.29 is 38.2 Å². The van der Waals surface area contributed by atoms with Crippen molar-refractivity contribution in [2.45, 2.75) is 73.2 Å². The van der Waals surface area contributed by atoms with E-state index < -0.39 is 17.2 Å². The fourth-order valence-electron chi connectivity index (χ4n) is 5.48. The Morgan fingerprint density at radius 3 is 1.46 bits per heavy atom. The van der Waals surface area contributed by atoms with Crippen molar-refractivity contribution >= 4 is 29.5 Å². The first kappa shape index (κ1) is 42.9. The Labute approximate surface area is 299 Å². The van der Waals surface area contributed by atoms with Crippen molar-refractivity contribution in [3.05, 3.63) is 35.9 Å². The number of ether oxygens (including phenoxy) is 3. The molecule has 50 heavy (non-hydrogen) atoms. The molecule has 0 unspecified atom stereocenters.